The van der Waals surface area contributed by atoms with E-state index in [0.29, 0.717) is 55.5 Å². The number of hydrogen-bond acceptors (Lipinski definition) is 5. The molecule has 0 aliphatic carbocycles. The number of nitrogens with zero attached hydrogens (tertiary/aromatic N) is 4. The molecule has 7 heteroatoms. The maximum Gasteiger partial charge on any atom is 0.274 e. The lowest BCUT2D eigenvalue weighted by atomic mass is 10.1. The van der Waals surface area contributed by atoms with Crippen LogP contribution in [0.3, 0.4) is 0 Å². The Morgan fingerprint density at radius 1 is 1.12 bits per heavy atom. The Bertz CT molecular complexity index is 1130. The first-order valence-electron chi connectivity index (χ1n) is 11.4. The highest BCUT2D eigenvalue weighted by Crippen LogP contribution is 2.16. The lowest BCUT2D eigenvalue weighted by molar-refractivity contribution is -0.0341. The molecule has 2 amide bonds. The summed E-state index contributed by atoms with van der Waals surface area (Å²) < 4.78 is 5.96. The van der Waals surface area contributed by atoms with E-state index in [1.54, 1.807) is 4.90 Å². The molecule has 33 heavy (non-hydrogen) atoms. The van der Waals surface area contributed by atoms with Gasteiger partial charge in [0.1, 0.15) is 5.69 Å². The van der Waals surface area contributed by atoms with Crippen LogP contribution in [0.25, 0.3) is 11.0 Å². The maximum atomic E-state index is 13.2. The van der Waals surface area contributed by atoms with E-state index in [-0.39, 0.29) is 17.9 Å². The van der Waals surface area contributed by atoms with Crippen molar-refractivity contribution in [2.45, 2.75) is 26.9 Å². The van der Waals surface area contributed by atoms with Gasteiger partial charge in [0.25, 0.3) is 11.8 Å². The fourth-order valence-corrected chi connectivity index (χ4v) is 4.04. The van der Waals surface area contributed by atoms with Crippen LogP contribution in [-0.2, 0) is 4.74 Å². The van der Waals surface area contributed by atoms with Crippen LogP contribution in [-0.4, -0.2) is 70.5 Å². The number of para-hydroxylation sites is 2. The molecule has 0 radical (unpaired) electrons. The number of amides is 2. The summed E-state index contributed by atoms with van der Waals surface area (Å²) in [6, 6.07) is 15.1. The summed E-state index contributed by atoms with van der Waals surface area (Å²) in [7, 11) is 0. The molecular weight excluding hydrogens is 416 g/mol. The summed E-state index contributed by atoms with van der Waals surface area (Å²) in [5, 5.41) is 0. The quantitative estimate of drug-likeness (QED) is 0.579. The zero-order valence-corrected chi connectivity index (χ0v) is 19.4. The minimum Gasteiger partial charge on any atom is -0.373 e. The highest BCUT2D eigenvalue weighted by Gasteiger charge is 2.29. The van der Waals surface area contributed by atoms with E-state index < -0.39 is 0 Å². The SMILES string of the molecule is Cc1ccc(C(=O)N(CC(C)C)C[C@@H]2CN(C(=O)c3cnc4ccccc4n3)CCO2)cc1. The Kier molecular flexibility index (Phi) is 6.99. The molecule has 0 unspecified atom stereocenters. The molecule has 1 atom stereocenters. The van der Waals surface area contributed by atoms with E-state index in [4.69, 9.17) is 4.74 Å². The molecule has 2 aromatic carbocycles. The van der Waals surface area contributed by atoms with Crippen molar-refractivity contribution in [3.05, 3.63) is 71.5 Å². The van der Waals surface area contributed by atoms with Crippen molar-refractivity contribution in [2.24, 2.45) is 5.92 Å². The maximum absolute atomic E-state index is 13.2. The van der Waals surface area contributed by atoms with E-state index in [1.165, 1.54) is 6.20 Å². The standard InChI is InChI=1S/C26H30N4O3/c1-18(2)15-30(25(31)20-10-8-19(3)9-11-20)17-21-16-29(12-13-33-21)26(32)24-14-27-22-6-4-5-7-23(22)28-24/h4-11,14,18,21H,12-13,15-17H2,1-3H3/t21-/m0/s1. The summed E-state index contributed by atoms with van der Waals surface area (Å²) in [5.74, 6) is 0.131. The number of aromatic nitrogens is 2. The number of ether oxygens (including phenoxy) is 1. The Hall–Kier alpha value is -3.32. The summed E-state index contributed by atoms with van der Waals surface area (Å²) in [5.41, 5.74) is 3.55. The van der Waals surface area contributed by atoms with Gasteiger partial charge in [-0.15, -0.1) is 0 Å². The van der Waals surface area contributed by atoms with Gasteiger partial charge in [-0.05, 0) is 37.1 Å². The smallest absolute Gasteiger partial charge is 0.274 e. The Morgan fingerprint density at radius 2 is 1.85 bits per heavy atom. The van der Waals surface area contributed by atoms with Gasteiger partial charge in [-0.1, -0.05) is 43.7 Å². The number of rotatable bonds is 6. The van der Waals surface area contributed by atoms with Crippen LogP contribution in [0.5, 0.6) is 0 Å². The van der Waals surface area contributed by atoms with Gasteiger partial charge < -0.3 is 14.5 Å². The van der Waals surface area contributed by atoms with Gasteiger partial charge in [-0.25, -0.2) is 4.98 Å². The van der Waals surface area contributed by atoms with Crippen molar-refractivity contribution in [1.82, 2.24) is 19.8 Å². The molecule has 1 aromatic heterocycles. The van der Waals surface area contributed by atoms with Gasteiger partial charge in [0.2, 0.25) is 0 Å². The summed E-state index contributed by atoms with van der Waals surface area (Å²) in [4.78, 5) is 38.8. The first-order chi connectivity index (χ1) is 15.9. The molecule has 1 aliphatic heterocycles. The lowest BCUT2D eigenvalue weighted by Crippen LogP contribution is -2.51. The minimum absolute atomic E-state index is 0.0175. The van der Waals surface area contributed by atoms with Gasteiger partial charge in [0, 0.05) is 31.7 Å². The zero-order chi connectivity index (χ0) is 23.4. The highest BCUT2D eigenvalue weighted by molar-refractivity contribution is 5.95. The molecule has 0 bridgehead atoms. The molecular formula is C26H30N4O3. The number of carbonyl (C=O) groups is 2. The molecule has 7 nitrogen and oxygen atoms in total. The van der Waals surface area contributed by atoms with Gasteiger partial charge in [-0.3, -0.25) is 14.6 Å². The van der Waals surface area contributed by atoms with E-state index in [9.17, 15) is 9.59 Å². The van der Waals surface area contributed by atoms with E-state index >= 15 is 0 Å². The molecule has 172 valence electrons. The predicted octanol–water partition coefficient (Wildman–Crippen LogP) is 3.58. The van der Waals surface area contributed by atoms with Crippen molar-refractivity contribution in [2.75, 3.05) is 32.8 Å². The number of benzene rings is 2. The third-order valence-corrected chi connectivity index (χ3v) is 5.69. The van der Waals surface area contributed by atoms with Gasteiger partial charge in [0.05, 0.1) is 29.9 Å². The van der Waals surface area contributed by atoms with Crippen LogP contribution in [0.15, 0.2) is 54.7 Å². The fraction of sp³-hybridized carbons (Fsp3) is 0.385. The molecule has 1 aliphatic rings. The second-order valence-corrected chi connectivity index (χ2v) is 8.96. The monoisotopic (exact) mass is 446 g/mol. The molecule has 1 saturated heterocycles. The van der Waals surface area contributed by atoms with E-state index in [2.05, 4.69) is 23.8 Å². The third kappa shape index (κ3) is 5.54. The highest BCUT2D eigenvalue weighted by atomic mass is 16.5. The second-order valence-electron chi connectivity index (χ2n) is 8.96. The Balaban J connectivity index is 1.46. The Labute approximate surface area is 194 Å². The number of aryl methyl sites for hydroxylation is 1. The van der Waals surface area contributed by atoms with Crippen LogP contribution in [0.4, 0.5) is 0 Å². The molecule has 2 heterocycles. The largest absolute Gasteiger partial charge is 0.373 e. The van der Waals surface area contributed by atoms with Crippen LogP contribution in [0.2, 0.25) is 0 Å². The van der Waals surface area contributed by atoms with E-state index in [1.807, 2.05) is 60.4 Å². The van der Waals surface area contributed by atoms with Crippen molar-refractivity contribution >= 4 is 22.8 Å². The molecule has 0 spiro atoms. The molecule has 1 fully saturated rings. The zero-order valence-electron chi connectivity index (χ0n) is 19.4. The van der Waals surface area contributed by atoms with Crippen LogP contribution in [0.1, 0.15) is 40.3 Å². The van der Waals surface area contributed by atoms with Gasteiger partial charge in [0.15, 0.2) is 0 Å². The van der Waals surface area contributed by atoms with Crippen molar-refractivity contribution < 1.29 is 14.3 Å². The summed E-state index contributed by atoms with van der Waals surface area (Å²) in [6.07, 6.45) is 1.27. The van der Waals surface area contributed by atoms with Crippen LogP contribution < -0.4 is 0 Å². The van der Waals surface area contributed by atoms with Gasteiger partial charge >= 0.3 is 0 Å². The number of carbonyl (C=O) groups excluding carboxylic acids is 2. The normalized spacial score (nSPS) is 16.2. The van der Waals surface area contributed by atoms with Crippen molar-refractivity contribution in [3.63, 3.8) is 0 Å². The predicted molar refractivity (Wildman–Crippen MR) is 127 cm³/mol. The molecule has 4 rings (SSSR count). The van der Waals surface area contributed by atoms with Crippen LogP contribution >= 0.6 is 0 Å². The lowest BCUT2D eigenvalue weighted by Gasteiger charge is -2.36. The summed E-state index contributed by atoms with van der Waals surface area (Å²) in [6.45, 7) is 8.54. The second kappa shape index (κ2) is 10.1. The fourth-order valence-electron chi connectivity index (χ4n) is 4.04. The van der Waals surface area contributed by atoms with Crippen LogP contribution in [0, 0.1) is 12.8 Å². The number of morpholine rings is 1. The molecule has 0 N–H and O–H groups in total. The number of fused-ring (bicyclic) bond motifs is 1. The summed E-state index contributed by atoms with van der Waals surface area (Å²) >= 11 is 0. The number of hydrogen-bond donors (Lipinski definition) is 0. The van der Waals surface area contributed by atoms with Crippen molar-refractivity contribution in [1.29, 1.82) is 0 Å². The minimum atomic E-state index is -0.260. The average Bonchev–Trinajstić information content (AvgIpc) is 2.83. The van der Waals surface area contributed by atoms with Crippen molar-refractivity contribution in [3.8, 4) is 0 Å². The molecule has 3 aromatic rings. The topological polar surface area (TPSA) is 75.6 Å². The third-order valence-electron chi connectivity index (χ3n) is 5.69. The average molecular weight is 447 g/mol. The Morgan fingerprint density at radius 3 is 2.58 bits per heavy atom. The van der Waals surface area contributed by atoms with E-state index in [0.717, 1.165) is 11.1 Å². The van der Waals surface area contributed by atoms with Gasteiger partial charge in [-0.2, -0.15) is 0 Å². The first-order valence-corrected chi connectivity index (χ1v) is 11.4. The molecule has 0 saturated carbocycles. The first kappa shape index (κ1) is 22.9.